The zero-order valence-corrected chi connectivity index (χ0v) is 13.2. The van der Waals surface area contributed by atoms with E-state index in [0.717, 1.165) is 24.3 Å². The second-order valence-corrected chi connectivity index (χ2v) is 6.02. The van der Waals surface area contributed by atoms with Gasteiger partial charge in [0.2, 0.25) is 5.91 Å². The molecule has 0 N–H and O–H groups in total. The van der Waals surface area contributed by atoms with Gasteiger partial charge < -0.3 is 19.1 Å². The molecule has 1 aliphatic heterocycles. The number of carbonyl (C=O) groups is 1. The van der Waals surface area contributed by atoms with Crippen LogP contribution in [-0.2, 0) is 9.53 Å². The van der Waals surface area contributed by atoms with Gasteiger partial charge in [-0.2, -0.15) is 0 Å². The molecule has 22 heavy (non-hydrogen) atoms. The topological polar surface area (TPSA) is 48.0 Å². The van der Waals surface area contributed by atoms with Crippen molar-refractivity contribution in [2.45, 2.75) is 31.3 Å². The third-order valence-electron chi connectivity index (χ3n) is 4.76. The van der Waals surface area contributed by atoms with E-state index in [-0.39, 0.29) is 18.6 Å². The van der Waals surface area contributed by atoms with Gasteiger partial charge in [-0.3, -0.25) is 4.79 Å². The lowest BCUT2D eigenvalue weighted by molar-refractivity contribution is -0.140. The number of carbonyl (C=O) groups excluding carboxylic acids is 1. The van der Waals surface area contributed by atoms with Gasteiger partial charge in [0.15, 0.2) is 0 Å². The Morgan fingerprint density at radius 1 is 1.27 bits per heavy atom. The average molecular weight is 305 g/mol. The molecule has 1 saturated heterocycles. The number of nitrogens with zero attached hydrogens (tertiary/aromatic N) is 1. The Bertz CT molecular complexity index is 533. The van der Waals surface area contributed by atoms with Crippen LogP contribution in [0.25, 0.3) is 0 Å². The molecule has 5 heteroatoms. The Labute approximate surface area is 131 Å². The fourth-order valence-electron chi connectivity index (χ4n) is 3.77. The van der Waals surface area contributed by atoms with E-state index in [4.69, 9.17) is 14.2 Å². The van der Waals surface area contributed by atoms with E-state index in [2.05, 4.69) is 0 Å². The molecule has 5 nitrogen and oxygen atoms in total. The quantitative estimate of drug-likeness (QED) is 0.807. The molecule has 0 unspecified atom stereocenters. The number of benzene rings is 1. The van der Waals surface area contributed by atoms with Gasteiger partial charge in [0.1, 0.15) is 24.7 Å². The van der Waals surface area contributed by atoms with Crippen molar-refractivity contribution in [2.75, 3.05) is 27.4 Å². The van der Waals surface area contributed by atoms with E-state index in [0.29, 0.717) is 18.6 Å². The molecule has 1 aromatic rings. The maximum absolute atomic E-state index is 12.3. The highest BCUT2D eigenvalue weighted by Crippen LogP contribution is 2.42. The van der Waals surface area contributed by atoms with Gasteiger partial charge in [0.25, 0.3) is 0 Å². The third-order valence-corrected chi connectivity index (χ3v) is 4.76. The summed E-state index contributed by atoms with van der Waals surface area (Å²) in [7, 11) is 3.20. The Kier molecular flexibility index (Phi) is 4.52. The molecule has 1 saturated carbocycles. The number of amides is 1. The molecule has 2 bridgehead atoms. The minimum atomic E-state index is 0.0777. The highest BCUT2D eigenvalue weighted by molar-refractivity contribution is 5.78. The zero-order valence-electron chi connectivity index (χ0n) is 13.2. The summed E-state index contributed by atoms with van der Waals surface area (Å²) in [6.07, 6.45) is 3.39. The molecule has 3 atom stereocenters. The minimum Gasteiger partial charge on any atom is -0.497 e. The first-order valence-corrected chi connectivity index (χ1v) is 7.80. The highest BCUT2D eigenvalue weighted by Gasteiger charge is 2.48. The zero-order chi connectivity index (χ0) is 15.5. The van der Waals surface area contributed by atoms with Crippen molar-refractivity contribution in [1.29, 1.82) is 0 Å². The van der Waals surface area contributed by atoms with Crippen LogP contribution in [0.4, 0.5) is 0 Å². The first-order chi connectivity index (χ1) is 10.7. The van der Waals surface area contributed by atoms with Crippen LogP contribution in [0.1, 0.15) is 19.3 Å². The summed E-state index contributed by atoms with van der Waals surface area (Å²) >= 11 is 0. The van der Waals surface area contributed by atoms with Crippen LogP contribution >= 0.6 is 0 Å². The maximum atomic E-state index is 12.3. The number of likely N-dealkylation sites (tertiary alicyclic amines) is 1. The third kappa shape index (κ3) is 2.90. The summed E-state index contributed by atoms with van der Waals surface area (Å²) in [6.45, 7) is 0.683. The molecule has 120 valence electrons. The number of rotatable bonds is 6. The number of hydrogen-bond donors (Lipinski definition) is 0. The van der Waals surface area contributed by atoms with E-state index >= 15 is 0 Å². The average Bonchev–Trinajstić information content (AvgIpc) is 3.14. The summed E-state index contributed by atoms with van der Waals surface area (Å²) in [5.41, 5.74) is 0. The first kappa shape index (κ1) is 15.2. The van der Waals surface area contributed by atoms with Crippen molar-refractivity contribution in [2.24, 2.45) is 5.92 Å². The van der Waals surface area contributed by atoms with Crippen molar-refractivity contribution in [1.82, 2.24) is 4.90 Å². The SMILES string of the molecule is COCC(=O)N1[C@@H]2CC[C@@H](C2)[C@@H]1COc1cccc(OC)c1. The highest BCUT2D eigenvalue weighted by atomic mass is 16.5. The van der Waals surface area contributed by atoms with E-state index < -0.39 is 0 Å². The number of hydrogen-bond acceptors (Lipinski definition) is 4. The van der Waals surface area contributed by atoms with E-state index in [1.165, 1.54) is 6.42 Å². The predicted molar refractivity (Wildman–Crippen MR) is 82.1 cm³/mol. The van der Waals surface area contributed by atoms with Gasteiger partial charge in [-0.1, -0.05) is 6.07 Å². The van der Waals surface area contributed by atoms with Crippen LogP contribution in [0.3, 0.4) is 0 Å². The molecular formula is C17H23NO4. The second kappa shape index (κ2) is 6.57. The summed E-state index contributed by atoms with van der Waals surface area (Å²) in [5.74, 6) is 2.18. The van der Waals surface area contributed by atoms with Crippen LogP contribution in [-0.4, -0.2) is 50.3 Å². The summed E-state index contributed by atoms with van der Waals surface area (Å²) in [4.78, 5) is 14.3. The fraction of sp³-hybridized carbons (Fsp3) is 0.588. The van der Waals surface area contributed by atoms with Crippen molar-refractivity contribution < 1.29 is 19.0 Å². The van der Waals surface area contributed by atoms with Gasteiger partial charge in [0, 0.05) is 19.2 Å². The standard InChI is InChI=1S/C17H23NO4/c1-20-11-17(19)18-13-7-6-12(8-13)16(18)10-22-15-5-3-4-14(9-15)21-2/h3-5,9,12-13,16H,6-8,10-11H2,1-2H3/t12-,13+,16-/m0/s1. The van der Waals surface area contributed by atoms with E-state index in [1.54, 1.807) is 14.2 Å². The molecule has 1 heterocycles. The van der Waals surface area contributed by atoms with Crippen LogP contribution in [0, 0.1) is 5.92 Å². The molecule has 2 aliphatic rings. The van der Waals surface area contributed by atoms with Gasteiger partial charge in [-0.15, -0.1) is 0 Å². The number of methoxy groups -OCH3 is 2. The Morgan fingerprint density at radius 3 is 2.86 bits per heavy atom. The van der Waals surface area contributed by atoms with Crippen LogP contribution in [0.5, 0.6) is 11.5 Å². The van der Waals surface area contributed by atoms with Crippen molar-refractivity contribution in [3.63, 3.8) is 0 Å². The van der Waals surface area contributed by atoms with Gasteiger partial charge >= 0.3 is 0 Å². The lowest BCUT2D eigenvalue weighted by Gasteiger charge is -2.35. The number of fused-ring (bicyclic) bond motifs is 2. The summed E-state index contributed by atoms with van der Waals surface area (Å²) < 4.78 is 16.2. The van der Waals surface area contributed by atoms with E-state index in [9.17, 15) is 4.79 Å². The smallest absolute Gasteiger partial charge is 0.249 e. The Balaban J connectivity index is 1.66. The normalized spacial score (nSPS) is 26.3. The van der Waals surface area contributed by atoms with Crippen molar-refractivity contribution in [3.8, 4) is 11.5 Å². The molecule has 1 aromatic carbocycles. The van der Waals surface area contributed by atoms with Gasteiger partial charge in [-0.05, 0) is 37.3 Å². The first-order valence-electron chi connectivity index (χ1n) is 7.80. The molecule has 3 rings (SSSR count). The van der Waals surface area contributed by atoms with Gasteiger partial charge in [0.05, 0.1) is 13.2 Å². The fourth-order valence-corrected chi connectivity index (χ4v) is 3.77. The van der Waals surface area contributed by atoms with Crippen molar-refractivity contribution >= 4 is 5.91 Å². The van der Waals surface area contributed by atoms with Crippen LogP contribution < -0.4 is 9.47 Å². The molecule has 1 aliphatic carbocycles. The van der Waals surface area contributed by atoms with Gasteiger partial charge in [-0.25, -0.2) is 0 Å². The number of piperidine rings is 1. The molecule has 0 aromatic heterocycles. The second-order valence-electron chi connectivity index (χ2n) is 6.02. The number of ether oxygens (including phenoxy) is 3. The minimum absolute atomic E-state index is 0.0777. The molecule has 2 fully saturated rings. The lowest BCUT2D eigenvalue weighted by Crippen LogP contribution is -2.49. The summed E-state index contributed by atoms with van der Waals surface area (Å²) in [6, 6.07) is 8.10. The molecule has 1 amide bonds. The van der Waals surface area contributed by atoms with Crippen LogP contribution in [0.15, 0.2) is 24.3 Å². The Morgan fingerprint density at radius 2 is 2.09 bits per heavy atom. The monoisotopic (exact) mass is 305 g/mol. The van der Waals surface area contributed by atoms with Crippen LogP contribution in [0.2, 0.25) is 0 Å². The molecule has 0 spiro atoms. The largest absolute Gasteiger partial charge is 0.497 e. The molecule has 0 radical (unpaired) electrons. The predicted octanol–water partition coefficient (Wildman–Crippen LogP) is 2.10. The van der Waals surface area contributed by atoms with Crippen molar-refractivity contribution in [3.05, 3.63) is 24.3 Å². The summed E-state index contributed by atoms with van der Waals surface area (Å²) in [5, 5.41) is 0. The maximum Gasteiger partial charge on any atom is 0.249 e. The van der Waals surface area contributed by atoms with E-state index in [1.807, 2.05) is 29.2 Å². The Hall–Kier alpha value is -1.75. The lowest BCUT2D eigenvalue weighted by atomic mass is 9.99. The molecular weight excluding hydrogens is 282 g/mol.